The van der Waals surface area contributed by atoms with E-state index in [-0.39, 0.29) is 11.7 Å². The van der Waals surface area contributed by atoms with Crippen molar-refractivity contribution < 1.29 is 8.78 Å². The van der Waals surface area contributed by atoms with Crippen LogP contribution in [0.15, 0.2) is 45.3 Å². The van der Waals surface area contributed by atoms with Gasteiger partial charge >= 0.3 is 0 Å². The molecule has 19 heavy (non-hydrogen) atoms. The maximum absolute atomic E-state index is 13.7. The van der Waals surface area contributed by atoms with Crippen LogP contribution in [0.2, 0.25) is 0 Å². The van der Waals surface area contributed by atoms with Crippen molar-refractivity contribution in [3.05, 3.63) is 62.5 Å². The van der Waals surface area contributed by atoms with Gasteiger partial charge in [0, 0.05) is 21.1 Å². The van der Waals surface area contributed by atoms with E-state index in [0.717, 1.165) is 16.1 Å². The predicted octanol–water partition coefficient (Wildman–Crippen LogP) is 5.66. The van der Waals surface area contributed by atoms with Crippen LogP contribution in [0.3, 0.4) is 0 Å². The summed E-state index contributed by atoms with van der Waals surface area (Å²) in [5.74, 6) is -1.22. The van der Waals surface area contributed by atoms with Crippen molar-refractivity contribution in [3.63, 3.8) is 0 Å². The minimum atomic E-state index is -0.617. The smallest absolute Gasteiger partial charge is 0.150 e. The molecule has 1 N–H and O–H groups in total. The maximum Gasteiger partial charge on any atom is 0.150 e. The van der Waals surface area contributed by atoms with Gasteiger partial charge in [0.05, 0.1) is 5.69 Å². The number of hydrogen-bond acceptors (Lipinski definition) is 1. The van der Waals surface area contributed by atoms with Crippen molar-refractivity contribution in [2.24, 2.45) is 0 Å². The third-order valence-electron chi connectivity index (χ3n) is 2.72. The Morgan fingerprint density at radius 3 is 2.47 bits per heavy atom. The molecule has 0 heterocycles. The summed E-state index contributed by atoms with van der Waals surface area (Å²) in [5.41, 5.74) is 1.26. The van der Waals surface area contributed by atoms with E-state index < -0.39 is 11.6 Å². The summed E-state index contributed by atoms with van der Waals surface area (Å²) >= 11 is 6.56. The lowest BCUT2D eigenvalue weighted by atomic mass is 10.1. The molecule has 0 saturated heterocycles. The molecule has 0 bridgehead atoms. The van der Waals surface area contributed by atoms with Crippen molar-refractivity contribution in [3.8, 4) is 0 Å². The van der Waals surface area contributed by atoms with E-state index in [1.165, 1.54) is 6.07 Å². The Balaban J connectivity index is 2.26. The molecule has 2 aromatic carbocycles. The summed E-state index contributed by atoms with van der Waals surface area (Å²) in [5, 5.41) is 3.04. The van der Waals surface area contributed by atoms with Gasteiger partial charge in [0.25, 0.3) is 0 Å². The fourth-order valence-corrected chi connectivity index (χ4v) is 2.70. The van der Waals surface area contributed by atoms with E-state index in [2.05, 4.69) is 37.2 Å². The van der Waals surface area contributed by atoms with Crippen LogP contribution in [0.25, 0.3) is 0 Å². The highest BCUT2D eigenvalue weighted by Gasteiger charge is 2.13. The highest BCUT2D eigenvalue weighted by Crippen LogP contribution is 2.30. The molecule has 0 fully saturated rings. The molecule has 0 radical (unpaired) electrons. The van der Waals surface area contributed by atoms with Crippen LogP contribution in [0, 0.1) is 11.6 Å². The van der Waals surface area contributed by atoms with Crippen LogP contribution in [-0.4, -0.2) is 0 Å². The number of anilines is 1. The van der Waals surface area contributed by atoms with Gasteiger partial charge < -0.3 is 5.32 Å². The molecule has 0 aliphatic carbocycles. The van der Waals surface area contributed by atoms with E-state index in [1.807, 2.05) is 31.2 Å². The van der Waals surface area contributed by atoms with Gasteiger partial charge in [-0.05, 0) is 46.6 Å². The first-order chi connectivity index (χ1) is 8.97. The number of nitrogens with one attached hydrogen (secondary N) is 1. The third kappa shape index (κ3) is 3.54. The van der Waals surface area contributed by atoms with Crippen LogP contribution in [-0.2, 0) is 0 Å². The molecule has 0 aliphatic heterocycles. The fraction of sp³-hybridized carbons (Fsp3) is 0.143. The molecule has 100 valence electrons. The zero-order valence-corrected chi connectivity index (χ0v) is 13.2. The number of rotatable bonds is 3. The summed E-state index contributed by atoms with van der Waals surface area (Å²) < 4.78 is 28.1. The molecule has 0 aromatic heterocycles. The monoisotopic (exact) mass is 389 g/mol. The number of benzene rings is 2. The number of halogens is 4. The second kappa shape index (κ2) is 6.01. The molecule has 0 amide bonds. The van der Waals surface area contributed by atoms with Gasteiger partial charge in [-0.2, -0.15) is 0 Å². The van der Waals surface area contributed by atoms with Crippen LogP contribution < -0.4 is 5.32 Å². The third-order valence-corrected chi connectivity index (χ3v) is 3.84. The Bertz CT molecular complexity index is 579. The first kappa shape index (κ1) is 14.5. The topological polar surface area (TPSA) is 12.0 Å². The standard InChI is InChI=1S/C14H11Br2F2N/c1-8(9-3-2-4-10(15)5-9)19-14-12(16)6-11(17)7-13(14)18/h2-8,19H,1H3. The lowest BCUT2D eigenvalue weighted by molar-refractivity contribution is 0.582. The first-order valence-electron chi connectivity index (χ1n) is 5.64. The van der Waals surface area contributed by atoms with Gasteiger partial charge in [0.1, 0.15) is 11.6 Å². The summed E-state index contributed by atoms with van der Waals surface area (Å²) in [4.78, 5) is 0. The Kier molecular flexibility index (Phi) is 4.58. The van der Waals surface area contributed by atoms with Gasteiger partial charge in [-0.25, -0.2) is 8.78 Å². The Hall–Kier alpha value is -0.940. The number of hydrogen-bond donors (Lipinski definition) is 1. The highest BCUT2D eigenvalue weighted by molar-refractivity contribution is 9.10. The molecule has 0 spiro atoms. The summed E-state index contributed by atoms with van der Waals surface area (Å²) in [7, 11) is 0. The van der Waals surface area contributed by atoms with E-state index in [0.29, 0.717) is 4.47 Å². The Labute approximate surface area is 127 Å². The van der Waals surface area contributed by atoms with Crippen molar-refractivity contribution >= 4 is 37.5 Å². The minimum Gasteiger partial charge on any atom is -0.375 e. The summed E-state index contributed by atoms with van der Waals surface area (Å²) in [6, 6.07) is 9.72. The average molecular weight is 391 g/mol. The molecule has 1 nitrogen and oxygen atoms in total. The highest BCUT2D eigenvalue weighted by atomic mass is 79.9. The molecular weight excluding hydrogens is 380 g/mol. The van der Waals surface area contributed by atoms with Crippen LogP contribution in [0.4, 0.5) is 14.5 Å². The van der Waals surface area contributed by atoms with Crippen LogP contribution >= 0.6 is 31.9 Å². The van der Waals surface area contributed by atoms with Gasteiger partial charge in [-0.3, -0.25) is 0 Å². The van der Waals surface area contributed by atoms with Crippen molar-refractivity contribution in [2.75, 3.05) is 5.32 Å². The SMILES string of the molecule is CC(Nc1c(F)cc(F)cc1Br)c1cccc(Br)c1. The van der Waals surface area contributed by atoms with Crippen molar-refractivity contribution in [1.29, 1.82) is 0 Å². The molecule has 2 rings (SSSR count). The average Bonchev–Trinajstić information content (AvgIpc) is 2.33. The zero-order valence-electron chi connectivity index (χ0n) is 10.1. The Morgan fingerprint density at radius 2 is 1.84 bits per heavy atom. The van der Waals surface area contributed by atoms with Crippen LogP contribution in [0.5, 0.6) is 0 Å². The molecular formula is C14H11Br2F2N. The van der Waals surface area contributed by atoms with Crippen LogP contribution in [0.1, 0.15) is 18.5 Å². The van der Waals surface area contributed by atoms with Gasteiger partial charge in [-0.15, -0.1) is 0 Å². The van der Waals surface area contributed by atoms with Gasteiger partial charge in [0.2, 0.25) is 0 Å². The summed E-state index contributed by atoms with van der Waals surface area (Å²) in [6.45, 7) is 1.91. The molecule has 0 aliphatic rings. The predicted molar refractivity (Wildman–Crippen MR) is 80.2 cm³/mol. The van der Waals surface area contributed by atoms with Gasteiger partial charge in [-0.1, -0.05) is 28.1 Å². The normalized spacial score (nSPS) is 12.3. The molecule has 5 heteroatoms. The molecule has 1 unspecified atom stereocenters. The zero-order chi connectivity index (χ0) is 14.0. The molecule has 0 saturated carbocycles. The quantitative estimate of drug-likeness (QED) is 0.712. The lowest BCUT2D eigenvalue weighted by Gasteiger charge is -2.17. The molecule has 2 aromatic rings. The second-order valence-electron chi connectivity index (χ2n) is 4.17. The van der Waals surface area contributed by atoms with E-state index in [9.17, 15) is 8.78 Å². The van der Waals surface area contributed by atoms with E-state index in [4.69, 9.17) is 0 Å². The second-order valence-corrected chi connectivity index (χ2v) is 5.94. The maximum atomic E-state index is 13.7. The first-order valence-corrected chi connectivity index (χ1v) is 7.22. The Morgan fingerprint density at radius 1 is 1.11 bits per heavy atom. The van der Waals surface area contributed by atoms with Gasteiger partial charge in [0.15, 0.2) is 0 Å². The van der Waals surface area contributed by atoms with Crippen molar-refractivity contribution in [1.82, 2.24) is 0 Å². The molecule has 1 atom stereocenters. The van der Waals surface area contributed by atoms with E-state index >= 15 is 0 Å². The fourth-order valence-electron chi connectivity index (χ4n) is 1.76. The minimum absolute atomic E-state index is 0.103. The van der Waals surface area contributed by atoms with E-state index in [1.54, 1.807) is 0 Å². The van der Waals surface area contributed by atoms with Crippen molar-refractivity contribution in [2.45, 2.75) is 13.0 Å². The lowest BCUT2D eigenvalue weighted by Crippen LogP contribution is -2.08. The largest absolute Gasteiger partial charge is 0.375 e. The summed E-state index contributed by atoms with van der Waals surface area (Å²) in [6.07, 6.45) is 0.